The van der Waals surface area contributed by atoms with Crippen molar-refractivity contribution in [2.45, 2.75) is 32.0 Å². The van der Waals surface area contributed by atoms with Crippen LogP contribution in [0.5, 0.6) is 11.5 Å². The highest BCUT2D eigenvalue weighted by Crippen LogP contribution is 2.26. The minimum atomic E-state index is 0.266. The number of phenols is 1. The third-order valence-electron chi connectivity index (χ3n) is 3.49. The second kappa shape index (κ2) is 6.50. The van der Waals surface area contributed by atoms with Gasteiger partial charge in [-0.05, 0) is 48.7 Å². The zero-order chi connectivity index (χ0) is 14.7. The van der Waals surface area contributed by atoms with Crippen LogP contribution in [0.25, 0.3) is 0 Å². The molecule has 0 radical (unpaired) electrons. The Balaban J connectivity index is 1.68. The minimum absolute atomic E-state index is 0.266. The SMILES string of the molecule is Oc1cccc(COc2ccc(Br)cc2CNC2CC2)c1. The average Bonchev–Trinajstić information content (AvgIpc) is 3.28. The number of phenolic OH excluding ortho intramolecular Hbond substituents is 1. The van der Waals surface area contributed by atoms with Crippen LogP contribution >= 0.6 is 15.9 Å². The lowest BCUT2D eigenvalue weighted by Crippen LogP contribution is -2.16. The summed E-state index contributed by atoms with van der Waals surface area (Å²) in [4.78, 5) is 0. The Hall–Kier alpha value is -1.52. The van der Waals surface area contributed by atoms with Gasteiger partial charge in [-0.2, -0.15) is 0 Å². The van der Waals surface area contributed by atoms with Crippen LogP contribution in [0.2, 0.25) is 0 Å². The van der Waals surface area contributed by atoms with Crippen LogP contribution < -0.4 is 10.1 Å². The van der Waals surface area contributed by atoms with Crippen LogP contribution in [0.3, 0.4) is 0 Å². The maximum absolute atomic E-state index is 9.48. The molecule has 3 rings (SSSR count). The second-order valence-corrected chi connectivity index (χ2v) is 6.28. The molecule has 1 aliphatic rings. The standard InChI is InChI=1S/C17H18BrNO2/c18-14-4-7-17(13(9-14)10-19-15-5-6-15)21-11-12-2-1-3-16(20)8-12/h1-4,7-9,15,19-20H,5-6,10-11H2. The van der Waals surface area contributed by atoms with Gasteiger partial charge in [-0.25, -0.2) is 0 Å². The first-order valence-corrected chi connectivity index (χ1v) is 7.92. The van der Waals surface area contributed by atoms with E-state index in [2.05, 4.69) is 27.3 Å². The summed E-state index contributed by atoms with van der Waals surface area (Å²) in [5, 5.41) is 13.0. The Labute approximate surface area is 133 Å². The number of aromatic hydroxyl groups is 1. The van der Waals surface area contributed by atoms with Gasteiger partial charge in [0.15, 0.2) is 0 Å². The van der Waals surface area contributed by atoms with E-state index in [0.29, 0.717) is 12.6 Å². The summed E-state index contributed by atoms with van der Waals surface area (Å²) in [5.41, 5.74) is 2.11. The maximum atomic E-state index is 9.48. The van der Waals surface area contributed by atoms with Crippen LogP contribution in [0.15, 0.2) is 46.9 Å². The van der Waals surface area contributed by atoms with Gasteiger partial charge >= 0.3 is 0 Å². The Kier molecular flexibility index (Phi) is 4.46. The quantitative estimate of drug-likeness (QED) is 0.830. The molecule has 3 nitrogen and oxygen atoms in total. The van der Waals surface area contributed by atoms with Crippen molar-refractivity contribution in [1.29, 1.82) is 0 Å². The second-order valence-electron chi connectivity index (χ2n) is 5.37. The summed E-state index contributed by atoms with van der Waals surface area (Å²) in [6.45, 7) is 1.27. The van der Waals surface area contributed by atoms with E-state index < -0.39 is 0 Å². The molecule has 4 heteroatoms. The fourth-order valence-electron chi connectivity index (χ4n) is 2.18. The van der Waals surface area contributed by atoms with Gasteiger partial charge < -0.3 is 15.2 Å². The Bertz CT molecular complexity index is 626. The van der Waals surface area contributed by atoms with E-state index in [0.717, 1.165) is 27.9 Å². The highest BCUT2D eigenvalue weighted by Gasteiger charge is 2.20. The first-order valence-electron chi connectivity index (χ1n) is 7.13. The lowest BCUT2D eigenvalue weighted by molar-refractivity contribution is 0.301. The summed E-state index contributed by atoms with van der Waals surface area (Å²) in [7, 11) is 0. The highest BCUT2D eigenvalue weighted by molar-refractivity contribution is 9.10. The molecule has 0 aromatic heterocycles. The summed E-state index contributed by atoms with van der Waals surface area (Å²) < 4.78 is 6.97. The smallest absolute Gasteiger partial charge is 0.124 e. The molecule has 2 aromatic rings. The lowest BCUT2D eigenvalue weighted by Gasteiger charge is -2.13. The van der Waals surface area contributed by atoms with Crippen molar-refractivity contribution in [2.24, 2.45) is 0 Å². The third kappa shape index (κ3) is 4.22. The predicted octanol–water partition coefficient (Wildman–Crippen LogP) is 3.99. The molecule has 110 valence electrons. The van der Waals surface area contributed by atoms with Gasteiger partial charge in [0.1, 0.15) is 18.1 Å². The fourth-order valence-corrected chi connectivity index (χ4v) is 2.58. The summed E-state index contributed by atoms with van der Waals surface area (Å²) in [6, 6.07) is 13.9. The average molecular weight is 348 g/mol. The van der Waals surface area contributed by atoms with Crippen molar-refractivity contribution < 1.29 is 9.84 Å². The van der Waals surface area contributed by atoms with Gasteiger partial charge in [0.05, 0.1) is 0 Å². The Morgan fingerprint density at radius 3 is 2.81 bits per heavy atom. The lowest BCUT2D eigenvalue weighted by atomic mass is 10.2. The van der Waals surface area contributed by atoms with Crippen LogP contribution in [0.4, 0.5) is 0 Å². The zero-order valence-corrected chi connectivity index (χ0v) is 13.3. The van der Waals surface area contributed by atoms with E-state index in [9.17, 15) is 5.11 Å². The maximum Gasteiger partial charge on any atom is 0.124 e. The van der Waals surface area contributed by atoms with Crippen molar-refractivity contribution in [1.82, 2.24) is 5.32 Å². The molecule has 0 unspecified atom stereocenters. The molecule has 1 aliphatic carbocycles. The number of rotatable bonds is 6. The predicted molar refractivity (Wildman–Crippen MR) is 86.4 cm³/mol. The van der Waals surface area contributed by atoms with Crippen LogP contribution in [0.1, 0.15) is 24.0 Å². The highest BCUT2D eigenvalue weighted by atomic mass is 79.9. The van der Waals surface area contributed by atoms with E-state index in [1.54, 1.807) is 12.1 Å². The van der Waals surface area contributed by atoms with Crippen molar-refractivity contribution in [3.63, 3.8) is 0 Å². The Morgan fingerprint density at radius 1 is 1.19 bits per heavy atom. The molecular formula is C17H18BrNO2. The summed E-state index contributed by atoms with van der Waals surface area (Å²) in [6.07, 6.45) is 2.54. The summed E-state index contributed by atoms with van der Waals surface area (Å²) in [5.74, 6) is 1.15. The molecule has 1 saturated carbocycles. The molecule has 0 spiro atoms. The number of benzene rings is 2. The van der Waals surface area contributed by atoms with E-state index in [4.69, 9.17) is 4.74 Å². The molecule has 0 saturated heterocycles. The van der Waals surface area contributed by atoms with Gasteiger partial charge in [-0.1, -0.05) is 28.1 Å². The molecule has 2 N–H and O–H groups in total. The van der Waals surface area contributed by atoms with Crippen LogP contribution in [0, 0.1) is 0 Å². The number of halogens is 1. The molecule has 0 atom stereocenters. The monoisotopic (exact) mass is 347 g/mol. The van der Waals surface area contributed by atoms with Crippen LogP contribution in [-0.4, -0.2) is 11.1 Å². The van der Waals surface area contributed by atoms with E-state index in [1.165, 1.54) is 12.8 Å². The van der Waals surface area contributed by atoms with E-state index >= 15 is 0 Å². The van der Waals surface area contributed by atoms with Crippen molar-refractivity contribution in [2.75, 3.05) is 0 Å². The first kappa shape index (κ1) is 14.4. The number of hydrogen-bond acceptors (Lipinski definition) is 3. The van der Waals surface area contributed by atoms with Gasteiger partial charge in [-0.15, -0.1) is 0 Å². The van der Waals surface area contributed by atoms with Crippen molar-refractivity contribution in [3.8, 4) is 11.5 Å². The van der Waals surface area contributed by atoms with Gasteiger partial charge in [0.2, 0.25) is 0 Å². The summed E-state index contributed by atoms with van der Waals surface area (Å²) >= 11 is 3.51. The minimum Gasteiger partial charge on any atom is -0.508 e. The van der Waals surface area contributed by atoms with E-state index in [1.807, 2.05) is 24.3 Å². The van der Waals surface area contributed by atoms with Crippen molar-refractivity contribution >= 4 is 15.9 Å². The van der Waals surface area contributed by atoms with Crippen LogP contribution in [-0.2, 0) is 13.2 Å². The largest absolute Gasteiger partial charge is 0.508 e. The molecule has 0 bridgehead atoms. The molecule has 21 heavy (non-hydrogen) atoms. The van der Waals surface area contributed by atoms with E-state index in [-0.39, 0.29) is 5.75 Å². The first-order chi connectivity index (χ1) is 10.2. The van der Waals surface area contributed by atoms with Crippen molar-refractivity contribution in [3.05, 3.63) is 58.1 Å². The topological polar surface area (TPSA) is 41.5 Å². The molecule has 0 amide bonds. The molecule has 2 aromatic carbocycles. The Morgan fingerprint density at radius 2 is 2.05 bits per heavy atom. The normalized spacial score (nSPS) is 14.1. The third-order valence-corrected chi connectivity index (χ3v) is 3.98. The number of ether oxygens (including phenoxy) is 1. The zero-order valence-electron chi connectivity index (χ0n) is 11.7. The molecular weight excluding hydrogens is 330 g/mol. The van der Waals surface area contributed by atoms with Gasteiger partial charge in [-0.3, -0.25) is 0 Å². The van der Waals surface area contributed by atoms with Gasteiger partial charge in [0.25, 0.3) is 0 Å². The molecule has 0 heterocycles. The molecule has 0 aliphatic heterocycles. The van der Waals surface area contributed by atoms with Gasteiger partial charge in [0, 0.05) is 22.6 Å². The molecule has 1 fully saturated rings. The number of hydrogen-bond donors (Lipinski definition) is 2. The fraction of sp³-hybridized carbons (Fsp3) is 0.294. The number of nitrogens with one attached hydrogen (secondary N) is 1.